The van der Waals surface area contributed by atoms with Crippen LogP contribution in [-0.2, 0) is 14.3 Å². The van der Waals surface area contributed by atoms with Crippen LogP contribution in [0.2, 0.25) is 0 Å². The first-order valence-corrected chi connectivity index (χ1v) is 5.32. The van der Waals surface area contributed by atoms with Crippen LogP contribution >= 0.6 is 0 Å². The molecule has 1 atom stereocenters. The molecule has 1 aromatic carbocycles. The van der Waals surface area contributed by atoms with Crippen molar-refractivity contribution in [2.75, 3.05) is 11.9 Å². The minimum Gasteiger partial charge on any atom is -0.435 e. The monoisotopic (exact) mass is 237 g/mol. The zero-order valence-corrected chi connectivity index (χ0v) is 9.80. The summed E-state index contributed by atoms with van der Waals surface area (Å²) in [5.41, 5.74) is 0.650. The molecule has 0 aliphatic rings. The third-order valence-electron chi connectivity index (χ3n) is 1.95. The number of rotatable bonds is 4. The first-order chi connectivity index (χ1) is 8.13. The summed E-state index contributed by atoms with van der Waals surface area (Å²) < 4.78 is 9.32. The van der Waals surface area contributed by atoms with Crippen molar-refractivity contribution in [1.29, 1.82) is 0 Å². The third kappa shape index (κ3) is 4.55. The van der Waals surface area contributed by atoms with Crippen LogP contribution in [0.25, 0.3) is 0 Å². The molecule has 1 amide bonds. The lowest BCUT2D eigenvalue weighted by atomic mass is 10.3. The molecule has 5 heteroatoms. The second kappa shape index (κ2) is 6.52. The van der Waals surface area contributed by atoms with Crippen LogP contribution in [0.3, 0.4) is 0 Å². The number of carbonyl (C=O) groups is 2. The van der Waals surface area contributed by atoms with Gasteiger partial charge in [-0.05, 0) is 26.0 Å². The van der Waals surface area contributed by atoms with Crippen molar-refractivity contribution < 1.29 is 19.1 Å². The summed E-state index contributed by atoms with van der Waals surface area (Å²) >= 11 is 0. The molecule has 0 saturated heterocycles. The summed E-state index contributed by atoms with van der Waals surface area (Å²) in [6, 6.07) is 8.93. The smallest absolute Gasteiger partial charge is 0.435 e. The first-order valence-electron chi connectivity index (χ1n) is 5.32. The number of ether oxygens (including phenoxy) is 2. The van der Waals surface area contributed by atoms with Gasteiger partial charge in [0.05, 0.1) is 6.61 Å². The Hall–Kier alpha value is -2.04. The van der Waals surface area contributed by atoms with Gasteiger partial charge in [-0.15, -0.1) is 0 Å². The summed E-state index contributed by atoms with van der Waals surface area (Å²) in [6.45, 7) is 3.36. The number of para-hydroxylation sites is 1. The number of benzene rings is 1. The molecule has 0 aliphatic heterocycles. The van der Waals surface area contributed by atoms with Crippen LogP contribution in [0.15, 0.2) is 30.3 Å². The van der Waals surface area contributed by atoms with Gasteiger partial charge in [-0.2, -0.15) is 0 Å². The van der Waals surface area contributed by atoms with Gasteiger partial charge in [0.25, 0.3) is 5.91 Å². The second-order valence-electron chi connectivity index (χ2n) is 3.30. The largest absolute Gasteiger partial charge is 0.509 e. The average Bonchev–Trinajstić information content (AvgIpc) is 2.30. The van der Waals surface area contributed by atoms with Gasteiger partial charge in [0.15, 0.2) is 6.10 Å². The third-order valence-corrected chi connectivity index (χ3v) is 1.95. The van der Waals surface area contributed by atoms with Gasteiger partial charge in [-0.3, -0.25) is 4.79 Å². The maximum Gasteiger partial charge on any atom is 0.509 e. The van der Waals surface area contributed by atoms with Crippen molar-refractivity contribution in [1.82, 2.24) is 0 Å². The van der Waals surface area contributed by atoms with E-state index >= 15 is 0 Å². The predicted octanol–water partition coefficient (Wildman–Crippen LogP) is 2.19. The molecule has 0 saturated carbocycles. The van der Waals surface area contributed by atoms with Crippen LogP contribution in [0.1, 0.15) is 13.8 Å². The predicted molar refractivity (Wildman–Crippen MR) is 62.6 cm³/mol. The maximum absolute atomic E-state index is 11.6. The molecular weight excluding hydrogens is 222 g/mol. The van der Waals surface area contributed by atoms with Crippen molar-refractivity contribution in [2.24, 2.45) is 0 Å². The zero-order valence-electron chi connectivity index (χ0n) is 9.80. The molecular formula is C12H15NO4. The second-order valence-corrected chi connectivity index (χ2v) is 3.30. The van der Waals surface area contributed by atoms with Gasteiger partial charge in [0.2, 0.25) is 0 Å². The number of hydrogen-bond donors (Lipinski definition) is 1. The van der Waals surface area contributed by atoms with E-state index in [1.165, 1.54) is 6.92 Å². The zero-order chi connectivity index (χ0) is 12.7. The van der Waals surface area contributed by atoms with Gasteiger partial charge in [-0.1, -0.05) is 18.2 Å². The molecule has 5 nitrogen and oxygen atoms in total. The fourth-order valence-corrected chi connectivity index (χ4v) is 1.12. The average molecular weight is 237 g/mol. The molecule has 0 heterocycles. The van der Waals surface area contributed by atoms with Crippen molar-refractivity contribution in [3.8, 4) is 0 Å². The molecule has 0 aromatic heterocycles. The molecule has 0 fully saturated rings. The van der Waals surface area contributed by atoms with E-state index in [0.29, 0.717) is 5.69 Å². The van der Waals surface area contributed by atoms with Crippen LogP contribution in [-0.4, -0.2) is 24.8 Å². The quantitative estimate of drug-likeness (QED) is 0.815. The van der Waals surface area contributed by atoms with E-state index in [1.54, 1.807) is 31.2 Å². The van der Waals surface area contributed by atoms with Gasteiger partial charge in [-0.25, -0.2) is 4.79 Å². The molecule has 92 valence electrons. The topological polar surface area (TPSA) is 64.6 Å². The Balaban J connectivity index is 2.45. The normalized spacial score (nSPS) is 11.4. The summed E-state index contributed by atoms with van der Waals surface area (Å²) in [7, 11) is 0. The lowest BCUT2D eigenvalue weighted by Gasteiger charge is -2.12. The number of carbonyl (C=O) groups excluding carboxylic acids is 2. The van der Waals surface area contributed by atoms with Gasteiger partial charge < -0.3 is 14.8 Å². The van der Waals surface area contributed by atoms with Crippen molar-refractivity contribution >= 4 is 17.7 Å². The molecule has 17 heavy (non-hydrogen) atoms. The Bertz CT molecular complexity index is 377. The molecule has 1 unspecified atom stereocenters. The van der Waals surface area contributed by atoms with Gasteiger partial charge in [0, 0.05) is 5.69 Å². The molecule has 1 aromatic rings. The number of hydrogen-bond acceptors (Lipinski definition) is 4. The first kappa shape index (κ1) is 13.0. The number of anilines is 1. The van der Waals surface area contributed by atoms with E-state index in [0.717, 1.165) is 0 Å². The Kier molecular flexibility index (Phi) is 5.00. The Labute approximate surface area is 99.7 Å². The lowest BCUT2D eigenvalue weighted by Crippen LogP contribution is -2.30. The number of nitrogens with one attached hydrogen (secondary N) is 1. The summed E-state index contributed by atoms with van der Waals surface area (Å²) in [5.74, 6) is -0.399. The van der Waals surface area contributed by atoms with Gasteiger partial charge >= 0.3 is 6.16 Å². The van der Waals surface area contributed by atoms with E-state index in [2.05, 4.69) is 10.1 Å². The summed E-state index contributed by atoms with van der Waals surface area (Å²) in [4.78, 5) is 22.6. The summed E-state index contributed by atoms with van der Waals surface area (Å²) in [5, 5.41) is 2.62. The molecule has 0 spiro atoms. The highest BCUT2D eigenvalue weighted by molar-refractivity contribution is 5.94. The standard InChI is InChI=1S/C12H15NO4/c1-3-16-12(15)17-9(2)11(14)13-10-7-5-4-6-8-10/h4-9H,3H2,1-2H3,(H,13,14). The van der Waals surface area contributed by atoms with Crippen LogP contribution < -0.4 is 5.32 Å². The van der Waals surface area contributed by atoms with Crippen LogP contribution in [0, 0.1) is 0 Å². The van der Waals surface area contributed by atoms with Crippen LogP contribution in [0.4, 0.5) is 10.5 Å². The van der Waals surface area contributed by atoms with Crippen molar-refractivity contribution in [3.05, 3.63) is 30.3 Å². The highest BCUT2D eigenvalue weighted by Gasteiger charge is 2.18. The Morgan fingerprint density at radius 1 is 1.29 bits per heavy atom. The maximum atomic E-state index is 11.6. The Morgan fingerprint density at radius 2 is 1.94 bits per heavy atom. The summed E-state index contributed by atoms with van der Waals surface area (Å²) in [6.07, 6.45) is -1.74. The lowest BCUT2D eigenvalue weighted by molar-refractivity contribution is -0.124. The van der Waals surface area contributed by atoms with E-state index in [1.807, 2.05) is 6.07 Å². The van der Waals surface area contributed by atoms with E-state index in [-0.39, 0.29) is 6.61 Å². The molecule has 1 rings (SSSR count). The minimum absolute atomic E-state index is 0.214. The Morgan fingerprint density at radius 3 is 2.53 bits per heavy atom. The van der Waals surface area contributed by atoms with Crippen LogP contribution in [0.5, 0.6) is 0 Å². The van der Waals surface area contributed by atoms with Crippen molar-refractivity contribution in [2.45, 2.75) is 20.0 Å². The van der Waals surface area contributed by atoms with E-state index in [9.17, 15) is 9.59 Å². The van der Waals surface area contributed by atoms with Crippen molar-refractivity contribution in [3.63, 3.8) is 0 Å². The van der Waals surface area contributed by atoms with E-state index < -0.39 is 18.2 Å². The molecule has 0 radical (unpaired) electrons. The highest BCUT2D eigenvalue weighted by Crippen LogP contribution is 2.06. The molecule has 0 bridgehead atoms. The van der Waals surface area contributed by atoms with E-state index in [4.69, 9.17) is 4.74 Å². The minimum atomic E-state index is -0.894. The number of amides is 1. The molecule has 0 aliphatic carbocycles. The highest BCUT2D eigenvalue weighted by atomic mass is 16.7. The SMILES string of the molecule is CCOC(=O)OC(C)C(=O)Nc1ccccc1. The molecule has 1 N–H and O–H groups in total. The fraction of sp³-hybridized carbons (Fsp3) is 0.333. The van der Waals surface area contributed by atoms with Gasteiger partial charge in [0.1, 0.15) is 0 Å². The fourth-order valence-electron chi connectivity index (χ4n) is 1.12.